The van der Waals surface area contributed by atoms with Crippen LogP contribution in [0.15, 0.2) is 11.4 Å². The Bertz CT molecular complexity index is 452. The molecular weight excluding hydrogens is 234 g/mol. The van der Waals surface area contributed by atoms with Gasteiger partial charge in [-0.3, -0.25) is 9.48 Å². The Kier molecular flexibility index (Phi) is 4.70. The van der Waals surface area contributed by atoms with E-state index in [0.29, 0.717) is 24.1 Å². The smallest absolute Gasteiger partial charge is 0.254 e. The summed E-state index contributed by atoms with van der Waals surface area (Å²) in [5.41, 5.74) is 6.64. The van der Waals surface area contributed by atoms with E-state index in [1.165, 1.54) is 0 Å². The summed E-state index contributed by atoms with van der Waals surface area (Å²) in [5.74, 6) is -0.0942. The highest BCUT2D eigenvalue weighted by Crippen LogP contribution is 2.06. The van der Waals surface area contributed by atoms with Crippen LogP contribution in [0.3, 0.4) is 0 Å². The van der Waals surface area contributed by atoms with Crippen LogP contribution in [0.2, 0.25) is 0 Å². The zero-order valence-corrected chi connectivity index (χ0v) is 10.8. The minimum absolute atomic E-state index is 0.102. The first-order valence-corrected chi connectivity index (χ1v) is 5.75. The number of aromatic nitrogens is 2. The third-order valence-corrected chi connectivity index (χ3v) is 2.67. The van der Waals surface area contributed by atoms with Crippen LogP contribution in [0.1, 0.15) is 35.8 Å². The second kappa shape index (κ2) is 6.04. The molecule has 1 heterocycles. The maximum Gasteiger partial charge on any atom is 0.254 e. The molecule has 0 aromatic carbocycles. The summed E-state index contributed by atoms with van der Waals surface area (Å²) in [6, 6.07) is -0.159. The molecule has 0 aliphatic heterocycles. The lowest BCUT2D eigenvalue weighted by atomic mass is 10.1. The van der Waals surface area contributed by atoms with E-state index in [1.807, 2.05) is 6.92 Å². The van der Waals surface area contributed by atoms with Gasteiger partial charge in [-0.15, -0.1) is 0 Å². The van der Waals surface area contributed by atoms with Gasteiger partial charge in [0, 0.05) is 25.7 Å². The SMILES string of the molecule is CCC(CC(N)=NO)NC(=O)c1cn(C)nc1C. The monoisotopic (exact) mass is 253 g/mol. The van der Waals surface area contributed by atoms with E-state index in [4.69, 9.17) is 10.9 Å². The molecule has 0 radical (unpaired) electrons. The number of hydrogen-bond acceptors (Lipinski definition) is 4. The second-order valence-electron chi connectivity index (χ2n) is 4.18. The van der Waals surface area contributed by atoms with Crippen molar-refractivity contribution in [2.75, 3.05) is 0 Å². The first-order valence-electron chi connectivity index (χ1n) is 5.75. The van der Waals surface area contributed by atoms with Gasteiger partial charge in [-0.25, -0.2) is 0 Å². The van der Waals surface area contributed by atoms with Gasteiger partial charge in [0.25, 0.3) is 5.91 Å². The van der Waals surface area contributed by atoms with Crippen molar-refractivity contribution >= 4 is 11.7 Å². The fraction of sp³-hybridized carbons (Fsp3) is 0.545. The summed E-state index contributed by atoms with van der Waals surface area (Å²) in [6.45, 7) is 3.70. The molecule has 1 aromatic rings. The lowest BCUT2D eigenvalue weighted by molar-refractivity contribution is 0.0936. The van der Waals surface area contributed by atoms with Crippen molar-refractivity contribution < 1.29 is 10.0 Å². The predicted octanol–water partition coefficient (Wildman–Crippen LogP) is 0.373. The molecule has 18 heavy (non-hydrogen) atoms. The Morgan fingerprint density at radius 2 is 2.39 bits per heavy atom. The third-order valence-electron chi connectivity index (χ3n) is 2.67. The number of rotatable bonds is 5. The lowest BCUT2D eigenvalue weighted by Gasteiger charge is -2.15. The second-order valence-corrected chi connectivity index (χ2v) is 4.18. The number of amides is 1. The van der Waals surface area contributed by atoms with Gasteiger partial charge < -0.3 is 16.3 Å². The van der Waals surface area contributed by atoms with Crippen molar-refractivity contribution in [3.8, 4) is 0 Å². The maximum absolute atomic E-state index is 12.0. The number of carbonyl (C=O) groups excluding carboxylic acids is 1. The normalized spacial score (nSPS) is 13.4. The zero-order valence-electron chi connectivity index (χ0n) is 10.8. The molecule has 0 fully saturated rings. The zero-order chi connectivity index (χ0) is 13.7. The largest absolute Gasteiger partial charge is 0.409 e. The molecule has 1 aromatic heterocycles. The van der Waals surface area contributed by atoms with Crippen LogP contribution in [0, 0.1) is 6.92 Å². The highest BCUT2D eigenvalue weighted by atomic mass is 16.4. The Balaban J connectivity index is 2.71. The molecule has 7 heteroatoms. The van der Waals surface area contributed by atoms with Crippen LogP contribution in [-0.4, -0.2) is 32.8 Å². The van der Waals surface area contributed by atoms with E-state index in [-0.39, 0.29) is 17.8 Å². The average Bonchev–Trinajstić information content (AvgIpc) is 2.67. The Morgan fingerprint density at radius 3 is 2.83 bits per heavy atom. The van der Waals surface area contributed by atoms with Gasteiger partial charge in [-0.1, -0.05) is 12.1 Å². The Hall–Kier alpha value is -2.05. The van der Waals surface area contributed by atoms with E-state index in [1.54, 1.807) is 24.9 Å². The summed E-state index contributed by atoms with van der Waals surface area (Å²) in [7, 11) is 1.76. The number of hydrogen-bond donors (Lipinski definition) is 3. The van der Waals surface area contributed by atoms with Gasteiger partial charge in [0.05, 0.1) is 11.3 Å². The maximum atomic E-state index is 12.0. The van der Waals surface area contributed by atoms with E-state index >= 15 is 0 Å². The van der Waals surface area contributed by atoms with Crippen LogP contribution < -0.4 is 11.1 Å². The van der Waals surface area contributed by atoms with Crippen molar-refractivity contribution in [3.63, 3.8) is 0 Å². The van der Waals surface area contributed by atoms with Gasteiger partial charge >= 0.3 is 0 Å². The minimum Gasteiger partial charge on any atom is -0.409 e. The molecule has 4 N–H and O–H groups in total. The third kappa shape index (κ3) is 3.47. The summed E-state index contributed by atoms with van der Waals surface area (Å²) in [4.78, 5) is 12.0. The highest BCUT2D eigenvalue weighted by Gasteiger charge is 2.17. The number of nitrogens with one attached hydrogen (secondary N) is 1. The molecule has 1 amide bonds. The van der Waals surface area contributed by atoms with Gasteiger partial charge in [0.1, 0.15) is 5.84 Å². The van der Waals surface area contributed by atoms with Gasteiger partial charge in [0.15, 0.2) is 0 Å². The van der Waals surface area contributed by atoms with E-state index in [9.17, 15) is 4.79 Å². The van der Waals surface area contributed by atoms with E-state index in [2.05, 4.69) is 15.6 Å². The number of nitrogens with two attached hydrogens (primary N) is 1. The number of amidine groups is 1. The molecule has 0 spiro atoms. The lowest BCUT2D eigenvalue weighted by Crippen LogP contribution is -2.37. The number of oxime groups is 1. The first kappa shape index (κ1) is 14.0. The number of nitrogens with zero attached hydrogens (tertiary/aromatic N) is 3. The topological polar surface area (TPSA) is 106 Å². The fourth-order valence-electron chi connectivity index (χ4n) is 1.68. The molecule has 1 atom stereocenters. The molecule has 1 rings (SSSR count). The van der Waals surface area contributed by atoms with Crippen molar-refractivity contribution in [1.82, 2.24) is 15.1 Å². The molecule has 100 valence electrons. The van der Waals surface area contributed by atoms with Crippen LogP contribution in [0.25, 0.3) is 0 Å². The van der Waals surface area contributed by atoms with Crippen molar-refractivity contribution in [2.45, 2.75) is 32.7 Å². The molecule has 0 aliphatic rings. The minimum atomic E-state index is -0.196. The van der Waals surface area contributed by atoms with E-state index < -0.39 is 0 Å². The van der Waals surface area contributed by atoms with Crippen LogP contribution in [0.5, 0.6) is 0 Å². The first-order chi connectivity index (χ1) is 8.47. The highest BCUT2D eigenvalue weighted by molar-refractivity contribution is 5.95. The van der Waals surface area contributed by atoms with Crippen molar-refractivity contribution in [2.24, 2.45) is 17.9 Å². The van der Waals surface area contributed by atoms with Gasteiger partial charge in [-0.2, -0.15) is 5.10 Å². The number of aryl methyl sites for hydroxylation is 2. The van der Waals surface area contributed by atoms with Gasteiger partial charge in [-0.05, 0) is 13.3 Å². The molecular formula is C11H19N5O2. The molecule has 0 saturated heterocycles. The Labute approximate surface area is 106 Å². The summed E-state index contributed by atoms with van der Waals surface area (Å²) in [5, 5.41) is 18.4. The van der Waals surface area contributed by atoms with Crippen LogP contribution in [0.4, 0.5) is 0 Å². The predicted molar refractivity (Wildman–Crippen MR) is 67.5 cm³/mol. The molecule has 7 nitrogen and oxygen atoms in total. The standard InChI is InChI=1S/C11H19N5O2/c1-4-8(5-10(12)15-18)13-11(17)9-6-16(3)14-7(9)2/h6,8,18H,4-5H2,1-3H3,(H2,12,15)(H,13,17). The molecule has 1 unspecified atom stereocenters. The quantitative estimate of drug-likeness (QED) is 0.305. The summed E-state index contributed by atoms with van der Waals surface area (Å²) >= 11 is 0. The van der Waals surface area contributed by atoms with Crippen LogP contribution >= 0.6 is 0 Å². The van der Waals surface area contributed by atoms with Gasteiger partial charge in [0.2, 0.25) is 0 Å². The molecule has 0 aliphatic carbocycles. The van der Waals surface area contributed by atoms with Crippen LogP contribution in [-0.2, 0) is 7.05 Å². The molecule has 0 saturated carbocycles. The summed E-state index contributed by atoms with van der Waals surface area (Å²) in [6.07, 6.45) is 2.68. The van der Waals surface area contributed by atoms with Crippen molar-refractivity contribution in [3.05, 3.63) is 17.5 Å². The fourth-order valence-corrected chi connectivity index (χ4v) is 1.68. The number of carbonyl (C=O) groups is 1. The molecule has 0 bridgehead atoms. The van der Waals surface area contributed by atoms with Crippen molar-refractivity contribution in [1.29, 1.82) is 0 Å². The Morgan fingerprint density at radius 1 is 1.72 bits per heavy atom. The average molecular weight is 253 g/mol. The summed E-state index contributed by atoms with van der Waals surface area (Å²) < 4.78 is 1.59. The van der Waals surface area contributed by atoms with E-state index in [0.717, 1.165) is 0 Å².